The fourth-order valence-electron chi connectivity index (χ4n) is 1.19. The molecule has 8 heteroatoms. The monoisotopic (exact) mass is 274 g/mol. The Hall–Kier alpha value is -1.67. The van der Waals surface area contributed by atoms with Crippen molar-refractivity contribution in [1.82, 2.24) is 4.98 Å². The summed E-state index contributed by atoms with van der Waals surface area (Å²) in [5.41, 5.74) is -0.390. The number of carbonyl (C=O) groups is 1. The van der Waals surface area contributed by atoms with Gasteiger partial charge in [-0.25, -0.2) is 18.2 Å². The molecule has 0 bridgehead atoms. The third-order valence-electron chi connectivity index (χ3n) is 1.98. The van der Waals surface area contributed by atoms with Gasteiger partial charge in [-0.1, -0.05) is 0 Å². The van der Waals surface area contributed by atoms with Crippen molar-refractivity contribution in [2.24, 2.45) is 0 Å². The molecule has 0 unspecified atom stereocenters. The molecule has 1 rings (SSSR count). The topological polar surface area (TPSA) is 106 Å². The van der Waals surface area contributed by atoms with Gasteiger partial charge in [-0.05, 0) is 19.1 Å². The first-order valence-electron chi connectivity index (χ1n) is 5.23. The standard InChI is InChI=1S/C10H14N2O5S/c1-2-17-6-7-18(15,16)12-8-4-3-5-11-9(8)10(13)14/h3-5,12H,2,6-7H2,1H3,(H,13,14). The number of carboxylic acid groups (broad SMARTS) is 1. The maximum Gasteiger partial charge on any atom is 0.356 e. The van der Waals surface area contributed by atoms with Gasteiger partial charge in [0.25, 0.3) is 0 Å². The third-order valence-corrected chi connectivity index (χ3v) is 3.21. The molecule has 1 heterocycles. The number of ether oxygens (including phenoxy) is 1. The Bertz CT molecular complexity index is 515. The van der Waals surface area contributed by atoms with Crippen molar-refractivity contribution < 1.29 is 23.1 Å². The Morgan fingerprint density at radius 1 is 1.56 bits per heavy atom. The molecule has 0 aliphatic carbocycles. The lowest BCUT2D eigenvalue weighted by Gasteiger charge is -2.09. The van der Waals surface area contributed by atoms with Crippen molar-refractivity contribution in [2.75, 3.05) is 23.7 Å². The Kier molecular flexibility index (Phi) is 5.05. The Labute approximate surface area is 105 Å². The van der Waals surface area contributed by atoms with Crippen molar-refractivity contribution in [3.63, 3.8) is 0 Å². The summed E-state index contributed by atoms with van der Waals surface area (Å²) in [4.78, 5) is 14.4. The highest BCUT2D eigenvalue weighted by Gasteiger charge is 2.16. The second-order valence-corrected chi connectivity index (χ2v) is 5.16. The van der Waals surface area contributed by atoms with Gasteiger partial charge in [0.2, 0.25) is 10.0 Å². The quantitative estimate of drug-likeness (QED) is 0.704. The number of aromatic carboxylic acids is 1. The van der Waals surface area contributed by atoms with Crippen LogP contribution in [0.1, 0.15) is 17.4 Å². The Morgan fingerprint density at radius 3 is 2.89 bits per heavy atom. The van der Waals surface area contributed by atoms with Crippen LogP contribution in [0.2, 0.25) is 0 Å². The smallest absolute Gasteiger partial charge is 0.356 e. The number of nitrogens with zero attached hydrogens (tertiary/aromatic N) is 1. The maximum absolute atomic E-state index is 11.6. The van der Waals surface area contributed by atoms with Gasteiger partial charge in [-0.2, -0.15) is 0 Å². The minimum Gasteiger partial charge on any atom is -0.476 e. The molecule has 0 saturated heterocycles. The van der Waals surface area contributed by atoms with E-state index in [1.807, 2.05) is 0 Å². The molecule has 0 spiro atoms. The summed E-state index contributed by atoms with van der Waals surface area (Å²) in [6.45, 7) is 2.22. The number of rotatable bonds is 7. The molecule has 0 aliphatic rings. The van der Waals surface area contributed by atoms with Crippen LogP contribution in [0.15, 0.2) is 18.3 Å². The summed E-state index contributed by atoms with van der Waals surface area (Å²) >= 11 is 0. The molecular weight excluding hydrogens is 260 g/mol. The first kappa shape index (κ1) is 14.4. The third kappa shape index (κ3) is 4.30. The van der Waals surface area contributed by atoms with Crippen LogP contribution in [0.5, 0.6) is 0 Å². The number of carboxylic acids is 1. The van der Waals surface area contributed by atoms with Gasteiger partial charge in [0.05, 0.1) is 18.0 Å². The van der Waals surface area contributed by atoms with E-state index < -0.39 is 16.0 Å². The molecule has 0 aliphatic heterocycles. The van der Waals surface area contributed by atoms with E-state index in [9.17, 15) is 13.2 Å². The SMILES string of the molecule is CCOCCS(=O)(=O)Nc1cccnc1C(=O)O. The number of nitrogens with one attached hydrogen (secondary N) is 1. The van der Waals surface area contributed by atoms with Crippen LogP contribution in [0.4, 0.5) is 5.69 Å². The lowest BCUT2D eigenvalue weighted by atomic mass is 10.3. The fourth-order valence-corrected chi connectivity index (χ4v) is 2.13. The molecule has 0 fully saturated rings. The predicted octanol–water partition coefficient (Wildman–Crippen LogP) is 0.558. The van der Waals surface area contributed by atoms with Gasteiger partial charge in [0, 0.05) is 12.8 Å². The van der Waals surface area contributed by atoms with E-state index in [0.29, 0.717) is 6.61 Å². The number of aromatic nitrogens is 1. The first-order valence-corrected chi connectivity index (χ1v) is 6.88. The van der Waals surface area contributed by atoms with Gasteiger partial charge >= 0.3 is 5.97 Å². The van der Waals surface area contributed by atoms with Crippen LogP contribution >= 0.6 is 0 Å². The van der Waals surface area contributed by atoms with Crippen LogP contribution in [0.25, 0.3) is 0 Å². The predicted molar refractivity (Wildman–Crippen MR) is 65.1 cm³/mol. The fraction of sp³-hybridized carbons (Fsp3) is 0.400. The van der Waals surface area contributed by atoms with E-state index in [4.69, 9.17) is 9.84 Å². The zero-order valence-corrected chi connectivity index (χ0v) is 10.6. The maximum atomic E-state index is 11.6. The largest absolute Gasteiger partial charge is 0.476 e. The van der Waals surface area contributed by atoms with E-state index in [2.05, 4.69) is 9.71 Å². The lowest BCUT2D eigenvalue weighted by molar-refractivity contribution is 0.0692. The van der Waals surface area contributed by atoms with Gasteiger partial charge in [0.1, 0.15) is 0 Å². The normalized spacial score (nSPS) is 11.2. The Balaban J connectivity index is 2.81. The summed E-state index contributed by atoms with van der Waals surface area (Å²) in [7, 11) is -3.64. The zero-order chi connectivity index (χ0) is 13.6. The summed E-state index contributed by atoms with van der Waals surface area (Å²) < 4.78 is 30.4. The minimum absolute atomic E-state index is 0.0501. The van der Waals surface area contributed by atoms with Crippen LogP contribution in [-0.4, -0.2) is 43.4 Å². The summed E-state index contributed by atoms with van der Waals surface area (Å²) in [6.07, 6.45) is 1.28. The van der Waals surface area contributed by atoms with Gasteiger partial charge in [0.15, 0.2) is 5.69 Å². The van der Waals surface area contributed by atoms with Crippen LogP contribution in [-0.2, 0) is 14.8 Å². The van der Waals surface area contributed by atoms with E-state index in [-0.39, 0.29) is 23.7 Å². The van der Waals surface area contributed by atoms with Gasteiger partial charge in [-0.3, -0.25) is 4.72 Å². The molecular formula is C10H14N2O5S. The molecule has 0 amide bonds. The number of hydrogen-bond donors (Lipinski definition) is 2. The number of anilines is 1. The molecule has 18 heavy (non-hydrogen) atoms. The van der Waals surface area contributed by atoms with E-state index >= 15 is 0 Å². The van der Waals surface area contributed by atoms with Crippen LogP contribution in [0, 0.1) is 0 Å². The van der Waals surface area contributed by atoms with Crippen molar-refractivity contribution in [2.45, 2.75) is 6.92 Å². The molecule has 1 aromatic heterocycles. The second-order valence-electron chi connectivity index (χ2n) is 3.32. The minimum atomic E-state index is -3.64. The number of hydrogen-bond acceptors (Lipinski definition) is 5. The molecule has 0 aromatic carbocycles. The molecule has 0 radical (unpaired) electrons. The van der Waals surface area contributed by atoms with Crippen molar-refractivity contribution in [3.8, 4) is 0 Å². The Morgan fingerprint density at radius 2 is 2.28 bits per heavy atom. The van der Waals surface area contributed by atoms with E-state index in [1.54, 1.807) is 6.92 Å². The molecule has 7 nitrogen and oxygen atoms in total. The molecule has 1 aromatic rings. The van der Waals surface area contributed by atoms with Gasteiger partial charge < -0.3 is 9.84 Å². The molecule has 2 N–H and O–H groups in total. The second kappa shape index (κ2) is 6.31. The van der Waals surface area contributed by atoms with Crippen molar-refractivity contribution >= 4 is 21.7 Å². The zero-order valence-electron chi connectivity index (χ0n) is 9.79. The highest BCUT2D eigenvalue weighted by atomic mass is 32.2. The summed E-state index contributed by atoms with van der Waals surface area (Å²) in [5, 5.41) is 8.85. The van der Waals surface area contributed by atoms with Gasteiger partial charge in [-0.15, -0.1) is 0 Å². The summed E-state index contributed by atoms with van der Waals surface area (Å²) in [6, 6.07) is 2.79. The highest BCUT2D eigenvalue weighted by molar-refractivity contribution is 7.92. The van der Waals surface area contributed by atoms with E-state index in [1.165, 1.54) is 18.3 Å². The molecule has 0 atom stereocenters. The van der Waals surface area contributed by atoms with Crippen LogP contribution in [0.3, 0.4) is 0 Å². The van der Waals surface area contributed by atoms with Crippen molar-refractivity contribution in [3.05, 3.63) is 24.0 Å². The van der Waals surface area contributed by atoms with E-state index in [0.717, 1.165) is 0 Å². The number of sulfonamides is 1. The molecule has 100 valence electrons. The van der Waals surface area contributed by atoms with Crippen LogP contribution < -0.4 is 4.72 Å². The molecule has 0 saturated carbocycles. The summed E-state index contributed by atoms with van der Waals surface area (Å²) in [5.74, 6) is -1.53. The highest BCUT2D eigenvalue weighted by Crippen LogP contribution is 2.13. The first-order chi connectivity index (χ1) is 8.46. The average Bonchev–Trinajstić information content (AvgIpc) is 2.29. The average molecular weight is 274 g/mol. The van der Waals surface area contributed by atoms with Crippen molar-refractivity contribution in [1.29, 1.82) is 0 Å². The lowest BCUT2D eigenvalue weighted by Crippen LogP contribution is -2.21. The number of pyridine rings is 1.